The molecule has 0 bridgehead atoms. The highest BCUT2D eigenvalue weighted by atomic mass is 16.4. The van der Waals surface area contributed by atoms with Crippen molar-refractivity contribution in [3.05, 3.63) is 34.9 Å². The molecule has 3 N–H and O–H groups in total. The maximum Gasteiger partial charge on any atom is 0.303 e. The van der Waals surface area contributed by atoms with Crippen LogP contribution in [0.5, 0.6) is 0 Å². The number of aliphatic hydroxyl groups excluding tert-OH is 1. The van der Waals surface area contributed by atoms with Crippen LogP contribution in [0.15, 0.2) is 18.2 Å². The zero-order valence-electron chi connectivity index (χ0n) is 10.9. The SMILES string of the molecule is Cc1ccc(CNCC(O)CCC(=O)O)cc1C. The second-order valence-electron chi connectivity index (χ2n) is 4.64. The Kier molecular flexibility index (Phi) is 5.82. The second-order valence-corrected chi connectivity index (χ2v) is 4.64. The summed E-state index contributed by atoms with van der Waals surface area (Å²) in [7, 11) is 0. The molecule has 0 aromatic heterocycles. The third-order valence-corrected chi connectivity index (χ3v) is 2.97. The van der Waals surface area contributed by atoms with Gasteiger partial charge in [-0.25, -0.2) is 0 Å². The van der Waals surface area contributed by atoms with Crippen LogP contribution in [0.25, 0.3) is 0 Å². The minimum absolute atomic E-state index is 0.00644. The molecule has 4 nitrogen and oxygen atoms in total. The van der Waals surface area contributed by atoms with Gasteiger partial charge in [0.15, 0.2) is 0 Å². The van der Waals surface area contributed by atoms with E-state index >= 15 is 0 Å². The Morgan fingerprint density at radius 1 is 1.33 bits per heavy atom. The van der Waals surface area contributed by atoms with Gasteiger partial charge in [0, 0.05) is 19.5 Å². The average molecular weight is 251 g/mol. The molecule has 0 aliphatic rings. The summed E-state index contributed by atoms with van der Waals surface area (Å²) in [4.78, 5) is 10.3. The Morgan fingerprint density at radius 3 is 2.67 bits per heavy atom. The molecule has 0 amide bonds. The number of carboxylic acid groups (broad SMARTS) is 1. The smallest absolute Gasteiger partial charge is 0.303 e. The van der Waals surface area contributed by atoms with Gasteiger partial charge in [0.1, 0.15) is 0 Å². The van der Waals surface area contributed by atoms with Gasteiger partial charge in [-0.2, -0.15) is 0 Å². The molecule has 0 saturated carbocycles. The summed E-state index contributed by atoms with van der Waals surface area (Å²) in [5.74, 6) is -0.872. The molecule has 0 radical (unpaired) electrons. The second kappa shape index (κ2) is 7.13. The molecule has 1 atom stereocenters. The molecule has 0 heterocycles. The highest BCUT2D eigenvalue weighted by Crippen LogP contribution is 2.09. The number of benzene rings is 1. The molecule has 0 fully saturated rings. The minimum Gasteiger partial charge on any atom is -0.481 e. The van der Waals surface area contributed by atoms with Crippen molar-refractivity contribution in [3.8, 4) is 0 Å². The number of nitrogens with one attached hydrogen (secondary N) is 1. The van der Waals surface area contributed by atoms with E-state index in [9.17, 15) is 9.90 Å². The molecule has 0 spiro atoms. The lowest BCUT2D eigenvalue weighted by molar-refractivity contribution is -0.137. The van der Waals surface area contributed by atoms with Crippen molar-refractivity contribution in [2.45, 2.75) is 39.3 Å². The lowest BCUT2D eigenvalue weighted by Gasteiger charge is -2.11. The third-order valence-electron chi connectivity index (χ3n) is 2.97. The monoisotopic (exact) mass is 251 g/mol. The first-order valence-corrected chi connectivity index (χ1v) is 6.15. The van der Waals surface area contributed by atoms with Crippen molar-refractivity contribution in [1.29, 1.82) is 0 Å². The van der Waals surface area contributed by atoms with Gasteiger partial charge in [0.25, 0.3) is 0 Å². The molecular weight excluding hydrogens is 230 g/mol. The minimum atomic E-state index is -0.872. The van der Waals surface area contributed by atoms with Crippen LogP contribution in [0.2, 0.25) is 0 Å². The van der Waals surface area contributed by atoms with Gasteiger partial charge in [-0.3, -0.25) is 4.79 Å². The predicted octanol–water partition coefficient (Wildman–Crippen LogP) is 1.62. The van der Waals surface area contributed by atoms with E-state index in [1.807, 2.05) is 0 Å². The lowest BCUT2D eigenvalue weighted by Crippen LogP contribution is -2.26. The first-order valence-electron chi connectivity index (χ1n) is 6.15. The van der Waals surface area contributed by atoms with E-state index in [2.05, 4.69) is 37.4 Å². The van der Waals surface area contributed by atoms with Gasteiger partial charge in [0.2, 0.25) is 0 Å². The van der Waals surface area contributed by atoms with Crippen molar-refractivity contribution in [3.63, 3.8) is 0 Å². The van der Waals surface area contributed by atoms with E-state index in [4.69, 9.17) is 5.11 Å². The largest absolute Gasteiger partial charge is 0.481 e. The van der Waals surface area contributed by atoms with Gasteiger partial charge in [-0.15, -0.1) is 0 Å². The molecule has 1 aromatic carbocycles. The maximum atomic E-state index is 10.3. The predicted molar refractivity (Wildman–Crippen MR) is 70.5 cm³/mol. The zero-order valence-corrected chi connectivity index (χ0v) is 10.9. The number of rotatable bonds is 7. The Balaban J connectivity index is 2.28. The van der Waals surface area contributed by atoms with Crippen LogP contribution >= 0.6 is 0 Å². The van der Waals surface area contributed by atoms with Crippen LogP contribution in [-0.4, -0.2) is 28.8 Å². The molecule has 1 unspecified atom stereocenters. The molecule has 4 heteroatoms. The van der Waals surface area contributed by atoms with Gasteiger partial charge < -0.3 is 15.5 Å². The summed E-state index contributed by atoms with van der Waals surface area (Å²) in [5, 5.41) is 21.2. The number of aryl methyl sites for hydroxylation is 2. The molecule has 18 heavy (non-hydrogen) atoms. The summed E-state index contributed by atoms with van der Waals surface area (Å²) in [6.07, 6.45) is -0.311. The van der Waals surface area contributed by atoms with Gasteiger partial charge >= 0.3 is 5.97 Å². The van der Waals surface area contributed by atoms with E-state index in [1.54, 1.807) is 0 Å². The van der Waals surface area contributed by atoms with Crippen LogP contribution in [0, 0.1) is 13.8 Å². The van der Waals surface area contributed by atoms with Crippen molar-refractivity contribution in [2.24, 2.45) is 0 Å². The number of aliphatic hydroxyl groups is 1. The van der Waals surface area contributed by atoms with Crippen molar-refractivity contribution >= 4 is 5.97 Å². The average Bonchev–Trinajstić information content (AvgIpc) is 2.31. The first kappa shape index (κ1) is 14.7. The summed E-state index contributed by atoms with van der Waals surface area (Å²) < 4.78 is 0. The zero-order chi connectivity index (χ0) is 13.5. The normalized spacial score (nSPS) is 12.4. The first-order chi connectivity index (χ1) is 8.49. The Hall–Kier alpha value is -1.39. The van der Waals surface area contributed by atoms with Crippen molar-refractivity contribution in [1.82, 2.24) is 5.32 Å². The molecule has 100 valence electrons. The summed E-state index contributed by atoms with van der Waals surface area (Å²) >= 11 is 0. The molecule has 1 rings (SSSR count). The van der Waals surface area contributed by atoms with Gasteiger partial charge in [-0.1, -0.05) is 18.2 Å². The Labute approximate surface area is 108 Å². The van der Waals surface area contributed by atoms with Crippen LogP contribution in [0.1, 0.15) is 29.5 Å². The summed E-state index contributed by atoms with van der Waals surface area (Å²) in [6, 6.07) is 6.25. The third kappa shape index (κ3) is 5.29. The van der Waals surface area contributed by atoms with E-state index in [1.165, 1.54) is 16.7 Å². The fourth-order valence-corrected chi connectivity index (χ4v) is 1.69. The quantitative estimate of drug-likeness (QED) is 0.688. The lowest BCUT2D eigenvalue weighted by atomic mass is 10.1. The topological polar surface area (TPSA) is 69.6 Å². The van der Waals surface area contributed by atoms with Crippen LogP contribution < -0.4 is 5.32 Å². The van der Waals surface area contributed by atoms with E-state index in [0.717, 1.165) is 0 Å². The van der Waals surface area contributed by atoms with E-state index < -0.39 is 12.1 Å². The molecule has 0 aliphatic heterocycles. The molecule has 0 saturated heterocycles. The number of aliphatic carboxylic acids is 1. The number of carboxylic acids is 1. The summed E-state index contributed by atoms with van der Waals surface area (Å²) in [5.41, 5.74) is 3.68. The standard InChI is InChI=1S/C14H21NO3/c1-10-3-4-12(7-11(10)2)8-15-9-13(16)5-6-14(17)18/h3-4,7,13,15-16H,5-6,8-9H2,1-2H3,(H,17,18). The van der Waals surface area contributed by atoms with Gasteiger partial charge in [0.05, 0.1) is 6.10 Å². The highest BCUT2D eigenvalue weighted by molar-refractivity contribution is 5.66. The molecule has 0 aliphatic carbocycles. The highest BCUT2D eigenvalue weighted by Gasteiger charge is 2.06. The maximum absolute atomic E-state index is 10.3. The fraction of sp³-hybridized carbons (Fsp3) is 0.500. The molecular formula is C14H21NO3. The van der Waals surface area contributed by atoms with Crippen LogP contribution in [0.3, 0.4) is 0 Å². The van der Waals surface area contributed by atoms with Crippen LogP contribution in [-0.2, 0) is 11.3 Å². The Morgan fingerprint density at radius 2 is 2.06 bits per heavy atom. The van der Waals surface area contributed by atoms with Crippen molar-refractivity contribution in [2.75, 3.05) is 6.54 Å². The van der Waals surface area contributed by atoms with Crippen LogP contribution in [0.4, 0.5) is 0 Å². The Bertz CT molecular complexity index is 404. The number of hydrogen-bond donors (Lipinski definition) is 3. The fourth-order valence-electron chi connectivity index (χ4n) is 1.69. The van der Waals surface area contributed by atoms with E-state index in [-0.39, 0.29) is 12.8 Å². The molecule has 1 aromatic rings. The summed E-state index contributed by atoms with van der Waals surface area (Å²) in [6.45, 7) is 5.24. The number of carbonyl (C=O) groups is 1. The number of hydrogen-bond acceptors (Lipinski definition) is 3. The van der Waals surface area contributed by atoms with Gasteiger partial charge in [-0.05, 0) is 37.0 Å². The van der Waals surface area contributed by atoms with Crippen molar-refractivity contribution < 1.29 is 15.0 Å². The van der Waals surface area contributed by atoms with E-state index in [0.29, 0.717) is 13.1 Å².